The van der Waals surface area contributed by atoms with Crippen molar-refractivity contribution in [2.45, 2.75) is 38.9 Å². The number of nitrogens with one attached hydrogen (secondary N) is 1. The fourth-order valence-electron chi connectivity index (χ4n) is 3.80. The fourth-order valence-corrected chi connectivity index (χ4v) is 3.80. The van der Waals surface area contributed by atoms with Crippen molar-refractivity contribution in [1.29, 1.82) is 0 Å². The number of hydrogen-bond donors (Lipinski definition) is 1. The Hall–Kier alpha value is -4.00. The predicted molar refractivity (Wildman–Crippen MR) is 139 cm³/mol. The minimum Gasteiger partial charge on any atom is -0.497 e. The molecule has 0 aliphatic heterocycles. The van der Waals surface area contributed by atoms with Gasteiger partial charge in [0.1, 0.15) is 23.3 Å². The maximum absolute atomic E-state index is 13.6. The van der Waals surface area contributed by atoms with E-state index in [9.17, 15) is 9.59 Å². The number of benzene rings is 3. The third kappa shape index (κ3) is 7.77. The van der Waals surface area contributed by atoms with Crippen molar-refractivity contribution in [2.24, 2.45) is 0 Å². The molecule has 3 aromatic carbocycles. The Bertz CT molecular complexity index is 1120. The van der Waals surface area contributed by atoms with Gasteiger partial charge in [0.25, 0.3) is 5.91 Å². The highest BCUT2D eigenvalue weighted by Gasteiger charge is 2.31. The van der Waals surface area contributed by atoms with Crippen LogP contribution in [-0.2, 0) is 22.6 Å². The summed E-state index contributed by atoms with van der Waals surface area (Å²) in [6.07, 6.45) is 0.373. The second kappa shape index (κ2) is 13.2. The third-order valence-electron chi connectivity index (χ3n) is 5.61. The summed E-state index contributed by atoms with van der Waals surface area (Å²) >= 11 is 0. The highest BCUT2D eigenvalue weighted by atomic mass is 16.5. The van der Waals surface area contributed by atoms with Gasteiger partial charge in [-0.1, -0.05) is 42.5 Å². The van der Waals surface area contributed by atoms with E-state index in [-0.39, 0.29) is 31.0 Å². The van der Waals surface area contributed by atoms with E-state index in [1.807, 2.05) is 68.4 Å². The first-order valence-electron chi connectivity index (χ1n) is 11.9. The van der Waals surface area contributed by atoms with Crippen molar-refractivity contribution in [1.82, 2.24) is 10.2 Å². The average Bonchev–Trinajstić information content (AvgIpc) is 2.89. The van der Waals surface area contributed by atoms with E-state index < -0.39 is 6.04 Å². The summed E-state index contributed by atoms with van der Waals surface area (Å²) in [6, 6.07) is 23.4. The molecule has 7 heteroatoms. The molecule has 0 heterocycles. The summed E-state index contributed by atoms with van der Waals surface area (Å²) < 4.78 is 16.3. The van der Waals surface area contributed by atoms with Crippen LogP contribution in [0.4, 0.5) is 0 Å². The number of ether oxygens (including phenoxy) is 3. The van der Waals surface area contributed by atoms with Gasteiger partial charge in [-0.3, -0.25) is 9.59 Å². The molecule has 0 saturated carbocycles. The van der Waals surface area contributed by atoms with Crippen LogP contribution < -0.4 is 19.5 Å². The van der Waals surface area contributed by atoms with Crippen LogP contribution in [0.5, 0.6) is 17.2 Å². The molecule has 0 aliphatic carbocycles. The minimum absolute atomic E-state index is 0.0694. The Labute approximate surface area is 213 Å². The Morgan fingerprint density at radius 3 is 2.08 bits per heavy atom. The molecule has 0 spiro atoms. The van der Waals surface area contributed by atoms with Gasteiger partial charge in [0, 0.05) is 19.0 Å². The normalized spacial score (nSPS) is 11.5. The lowest BCUT2D eigenvalue weighted by Gasteiger charge is -2.32. The molecule has 0 fully saturated rings. The van der Waals surface area contributed by atoms with E-state index in [1.54, 1.807) is 43.4 Å². The van der Waals surface area contributed by atoms with Crippen LogP contribution in [0.2, 0.25) is 0 Å². The molecule has 3 aromatic rings. The summed E-state index contributed by atoms with van der Waals surface area (Å²) in [4.78, 5) is 28.5. The number of carbonyl (C=O) groups excluding carboxylic acids is 2. The SMILES string of the molecule is COc1ccc(OCC(=O)N(Cc2cccc(OC)c2)[C@@H](Cc2ccccc2)C(=O)NC(C)C)cc1. The summed E-state index contributed by atoms with van der Waals surface area (Å²) in [5, 5.41) is 2.98. The van der Waals surface area contributed by atoms with Crippen molar-refractivity contribution in [3.05, 3.63) is 90.0 Å². The number of methoxy groups -OCH3 is 2. The van der Waals surface area contributed by atoms with Crippen LogP contribution in [0.1, 0.15) is 25.0 Å². The smallest absolute Gasteiger partial charge is 0.261 e. The first kappa shape index (κ1) is 26.6. The van der Waals surface area contributed by atoms with E-state index in [0.717, 1.165) is 11.1 Å². The van der Waals surface area contributed by atoms with E-state index in [1.165, 1.54) is 0 Å². The third-order valence-corrected chi connectivity index (χ3v) is 5.61. The Kier molecular flexibility index (Phi) is 9.74. The van der Waals surface area contributed by atoms with E-state index >= 15 is 0 Å². The Morgan fingerprint density at radius 2 is 1.44 bits per heavy atom. The molecule has 0 aromatic heterocycles. The van der Waals surface area contributed by atoms with Gasteiger partial charge in [0.05, 0.1) is 14.2 Å². The maximum atomic E-state index is 13.6. The molecule has 0 saturated heterocycles. The van der Waals surface area contributed by atoms with Crippen LogP contribution >= 0.6 is 0 Å². The van der Waals surface area contributed by atoms with Crippen molar-refractivity contribution < 1.29 is 23.8 Å². The lowest BCUT2D eigenvalue weighted by Crippen LogP contribution is -2.52. The molecular weight excluding hydrogens is 456 g/mol. The van der Waals surface area contributed by atoms with Gasteiger partial charge in [-0.05, 0) is 61.4 Å². The topological polar surface area (TPSA) is 77.1 Å². The molecule has 0 radical (unpaired) electrons. The molecular formula is C29H34N2O5. The first-order chi connectivity index (χ1) is 17.4. The van der Waals surface area contributed by atoms with Gasteiger partial charge < -0.3 is 24.4 Å². The lowest BCUT2D eigenvalue weighted by molar-refractivity contribution is -0.143. The zero-order chi connectivity index (χ0) is 25.9. The van der Waals surface area contributed by atoms with Gasteiger partial charge in [-0.25, -0.2) is 0 Å². The van der Waals surface area contributed by atoms with Crippen LogP contribution in [0.15, 0.2) is 78.9 Å². The molecule has 7 nitrogen and oxygen atoms in total. The van der Waals surface area contributed by atoms with Crippen LogP contribution in [-0.4, -0.2) is 49.6 Å². The Balaban J connectivity index is 1.90. The molecule has 1 N–H and O–H groups in total. The van der Waals surface area contributed by atoms with Crippen LogP contribution in [0, 0.1) is 0 Å². The molecule has 0 bridgehead atoms. The van der Waals surface area contributed by atoms with Crippen LogP contribution in [0.25, 0.3) is 0 Å². The van der Waals surface area contributed by atoms with Crippen molar-refractivity contribution in [2.75, 3.05) is 20.8 Å². The first-order valence-corrected chi connectivity index (χ1v) is 11.9. The van der Waals surface area contributed by atoms with E-state index in [2.05, 4.69) is 5.32 Å². The highest BCUT2D eigenvalue weighted by Crippen LogP contribution is 2.20. The molecule has 2 amide bonds. The number of nitrogens with zero attached hydrogens (tertiary/aromatic N) is 1. The highest BCUT2D eigenvalue weighted by molar-refractivity contribution is 5.88. The zero-order valence-electron chi connectivity index (χ0n) is 21.3. The minimum atomic E-state index is -0.729. The number of rotatable bonds is 12. The van der Waals surface area contributed by atoms with Crippen molar-refractivity contribution >= 4 is 11.8 Å². The zero-order valence-corrected chi connectivity index (χ0v) is 21.3. The van der Waals surface area contributed by atoms with E-state index in [4.69, 9.17) is 14.2 Å². The van der Waals surface area contributed by atoms with Gasteiger partial charge in [-0.2, -0.15) is 0 Å². The lowest BCUT2D eigenvalue weighted by atomic mass is 10.0. The van der Waals surface area contributed by atoms with Crippen LogP contribution in [0.3, 0.4) is 0 Å². The second-order valence-corrected chi connectivity index (χ2v) is 8.71. The number of hydrogen-bond acceptors (Lipinski definition) is 5. The monoisotopic (exact) mass is 490 g/mol. The summed E-state index contributed by atoms with van der Waals surface area (Å²) in [5.41, 5.74) is 1.81. The summed E-state index contributed by atoms with van der Waals surface area (Å²) in [6.45, 7) is 3.82. The van der Waals surface area contributed by atoms with E-state index in [0.29, 0.717) is 23.7 Å². The van der Waals surface area contributed by atoms with Gasteiger partial charge >= 0.3 is 0 Å². The Morgan fingerprint density at radius 1 is 0.806 bits per heavy atom. The van der Waals surface area contributed by atoms with Gasteiger partial charge in [0.15, 0.2) is 6.61 Å². The summed E-state index contributed by atoms with van der Waals surface area (Å²) in [5.74, 6) is 1.40. The maximum Gasteiger partial charge on any atom is 0.261 e. The molecule has 0 unspecified atom stereocenters. The molecule has 3 rings (SSSR count). The summed E-state index contributed by atoms with van der Waals surface area (Å²) in [7, 11) is 3.18. The van der Waals surface area contributed by atoms with Gasteiger partial charge in [-0.15, -0.1) is 0 Å². The second-order valence-electron chi connectivity index (χ2n) is 8.71. The number of carbonyl (C=O) groups is 2. The number of amides is 2. The predicted octanol–water partition coefficient (Wildman–Crippen LogP) is 4.25. The average molecular weight is 491 g/mol. The van der Waals surface area contributed by atoms with Crippen molar-refractivity contribution in [3.63, 3.8) is 0 Å². The standard InChI is InChI=1S/C29H34N2O5/c1-21(2)30-29(33)27(18-22-9-6-5-7-10-22)31(19-23-11-8-12-26(17-23)35-4)28(32)20-36-25-15-13-24(34-3)14-16-25/h5-17,21,27H,18-20H2,1-4H3,(H,30,33)/t27-/m0/s1. The molecule has 0 aliphatic rings. The quantitative estimate of drug-likeness (QED) is 0.411. The van der Waals surface area contributed by atoms with Crippen molar-refractivity contribution in [3.8, 4) is 17.2 Å². The van der Waals surface area contributed by atoms with Gasteiger partial charge in [0.2, 0.25) is 5.91 Å². The molecule has 1 atom stereocenters. The largest absolute Gasteiger partial charge is 0.497 e. The fraction of sp³-hybridized carbons (Fsp3) is 0.310. The molecule has 190 valence electrons. The molecule has 36 heavy (non-hydrogen) atoms.